The summed E-state index contributed by atoms with van der Waals surface area (Å²) in [4.78, 5) is 15.7. The molecule has 0 spiro atoms. The minimum Gasteiger partial charge on any atom is -0.331 e. The van der Waals surface area contributed by atoms with E-state index in [-0.39, 0.29) is 5.56 Å². The lowest BCUT2D eigenvalue weighted by molar-refractivity contribution is 0.335. The van der Waals surface area contributed by atoms with E-state index in [1.165, 1.54) is 12.8 Å². The van der Waals surface area contributed by atoms with Gasteiger partial charge in [0, 0.05) is 6.54 Å². The molecule has 4 nitrogen and oxygen atoms in total. The Kier molecular flexibility index (Phi) is 3.11. The van der Waals surface area contributed by atoms with Crippen LogP contribution in [0.3, 0.4) is 0 Å². The minimum atomic E-state index is -0.132. The molecule has 0 radical (unpaired) electrons. The molecule has 1 saturated heterocycles. The third kappa shape index (κ3) is 2.16. The van der Waals surface area contributed by atoms with Gasteiger partial charge in [0.2, 0.25) is 0 Å². The Morgan fingerprint density at radius 1 is 1.28 bits per heavy atom. The molecule has 4 heteroatoms. The second kappa shape index (κ2) is 4.90. The zero-order valence-corrected chi connectivity index (χ0v) is 10.3. The van der Waals surface area contributed by atoms with Crippen LogP contribution in [0.25, 0.3) is 10.9 Å². The van der Waals surface area contributed by atoms with Gasteiger partial charge in [-0.1, -0.05) is 12.1 Å². The van der Waals surface area contributed by atoms with Crippen molar-refractivity contribution in [3.05, 3.63) is 40.9 Å². The number of para-hydroxylation sites is 1. The summed E-state index contributed by atoms with van der Waals surface area (Å²) in [5, 5.41) is 4.09. The van der Waals surface area contributed by atoms with E-state index in [2.05, 4.69) is 14.9 Å². The summed E-state index contributed by atoms with van der Waals surface area (Å²) in [5.41, 5.74) is 0.864. The highest BCUT2D eigenvalue weighted by molar-refractivity contribution is 5.77. The Balaban J connectivity index is 1.96. The van der Waals surface area contributed by atoms with Crippen LogP contribution in [0, 0.1) is 5.92 Å². The van der Waals surface area contributed by atoms with Crippen LogP contribution in [0.5, 0.6) is 0 Å². The van der Waals surface area contributed by atoms with Crippen LogP contribution in [-0.4, -0.2) is 22.6 Å². The van der Waals surface area contributed by atoms with E-state index >= 15 is 0 Å². The van der Waals surface area contributed by atoms with Crippen molar-refractivity contribution >= 4 is 10.9 Å². The smallest absolute Gasteiger partial charge is 0.280 e. The number of benzene rings is 1. The summed E-state index contributed by atoms with van der Waals surface area (Å²) >= 11 is 0. The maximum Gasteiger partial charge on any atom is 0.280 e. The first-order valence-corrected chi connectivity index (χ1v) is 6.49. The maximum absolute atomic E-state index is 11.7. The fourth-order valence-corrected chi connectivity index (χ4v) is 2.65. The van der Waals surface area contributed by atoms with Gasteiger partial charge in [-0.15, -0.1) is 0 Å². The molecule has 0 unspecified atom stereocenters. The molecule has 3 rings (SSSR count). The van der Waals surface area contributed by atoms with E-state index in [9.17, 15) is 4.79 Å². The van der Waals surface area contributed by atoms with E-state index in [1.807, 2.05) is 24.3 Å². The monoisotopic (exact) mass is 243 g/mol. The predicted octanol–water partition coefficient (Wildman–Crippen LogP) is 1.40. The largest absolute Gasteiger partial charge is 0.331 e. The van der Waals surface area contributed by atoms with E-state index in [4.69, 9.17) is 0 Å². The number of nitrogens with one attached hydrogen (secondary N) is 1. The van der Waals surface area contributed by atoms with Gasteiger partial charge in [0.15, 0.2) is 0 Å². The van der Waals surface area contributed by atoms with Gasteiger partial charge in [-0.3, -0.25) is 4.79 Å². The zero-order valence-electron chi connectivity index (χ0n) is 10.3. The molecule has 1 aliphatic rings. The minimum absolute atomic E-state index is 0.132. The SMILES string of the molecule is O=c1ncn(CC2CCNCC2)c2ccccc12. The lowest BCUT2D eigenvalue weighted by atomic mass is 9.98. The standard InChI is InChI=1S/C14H17N3O/c18-14-12-3-1-2-4-13(12)17(10-16-14)9-11-5-7-15-8-6-11/h1-4,10-11,15H,5-9H2. The molecule has 1 N–H and O–H groups in total. The Hall–Kier alpha value is -1.68. The Labute approximate surface area is 106 Å². The fraction of sp³-hybridized carbons (Fsp3) is 0.429. The molecule has 0 bridgehead atoms. The molecular formula is C14H17N3O. The lowest BCUT2D eigenvalue weighted by Crippen LogP contribution is -2.30. The summed E-state index contributed by atoms with van der Waals surface area (Å²) < 4.78 is 2.12. The molecule has 0 amide bonds. The van der Waals surface area contributed by atoms with Crippen molar-refractivity contribution in [2.45, 2.75) is 19.4 Å². The first-order valence-electron chi connectivity index (χ1n) is 6.49. The number of piperidine rings is 1. The van der Waals surface area contributed by atoms with Gasteiger partial charge in [0.05, 0.1) is 17.2 Å². The number of hydrogen-bond acceptors (Lipinski definition) is 3. The van der Waals surface area contributed by atoms with Crippen LogP contribution in [0.2, 0.25) is 0 Å². The van der Waals surface area contributed by atoms with Crippen LogP contribution >= 0.6 is 0 Å². The van der Waals surface area contributed by atoms with Crippen molar-refractivity contribution in [2.75, 3.05) is 13.1 Å². The maximum atomic E-state index is 11.7. The van der Waals surface area contributed by atoms with Crippen molar-refractivity contribution in [3.63, 3.8) is 0 Å². The van der Waals surface area contributed by atoms with Crippen LogP contribution < -0.4 is 10.9 Å². The molecule has 1 aromatic heterocycles. The van der Waals surface area contributed by atoms with Gasteiger partial charge in [0.25, 0.3) is 5.56 Å². The highest BCUT2D eigenvalue weighted by atomic mass is 16.1. The van der Waals surface area contributed by atoms with Gasteiger partial charge in [-0.25, -0.2) is 0 Å². The highest BCUT2D eigenvalue weighted by Gasteiger charge is 2.14. The third-order valence-corrected chi connectivity index (χ3v) is 3.67. The summed E-state index contributed by atoms with van der Waals surface area (Å²) in [6.45, 7) is 3.14. The molecule has 1 aromatic carbocycles. The van der Waals surface area contributed by atoms with Crippen LogP contribution in [-0.2, 0) is 6.54 Å². The molecular weight excluding hydrogens is 226 g/mol. The molecule has 18 heavy (non-hydrogen) atoms. The van der Waals surface area contributed by atoms with Crippen molar-refractivity contribution in [3.8, 4) is 0 Å². The fourth-order valence-electron chi connectivity index (χ4n) is 2.65. The summed E-state index contributed by atoms with van der Waals surface area (Å²) in [6, 6.07) is 7.71. The predicted molar refractivity (Wildman–Crippen MR) is 71.6 cm³/mol. The number of fused-ring (bicyclic) bond motifs is 1. The Bertz CT molecular complexity index is 599. The Morgan fingerprint density at radius 3 is 2.89 bits per heavy atom. The average Bonchev–Trinajstić information content (AvgIpc) is 2.44. The average molecular weight is 243 g/mol. The van der Waals surface area contributed by atoms with Crippen molar-refractivity contribution < 1.29 is 0 Å². The third-order valence-electron chi connectivity index (χ3n) is 3.67. The molecule has 2 heterocycles. The van der Waals surface area contributed by atoms with Gasteiger partial charge in [-0.05, 0) is 44.0 Å². The van der Waals surface area contributed by atoms with Crippen LogP contribution in [0.4, 0.5) is 0 Å². The summed E-state index contributed by atoms with van der Waals surface area (Å²) in [5.74, 6) is 0.680. The Morgan fingerprint density at radius 2 is 2.06 bits per heavy atom. The topological polar surface area (TPSA) is 46.9 Å². The second-order valence-corrected chi connectivity index (χ2v) is 4.91. The zero-order chi connectivity index (χ0) is 12.4. The number of rotatable bonds is 2. The molecule has 0 aliphatic carbocycles. The number of nitrogens with zero attached hydrogens (tertiary/aromatic N) is 2. The van der Waals surface area contributed by atoms with Gasteiger partial charge < -0.3 is 9.88 Å². The van der Waals surface area contributed by atoms with Gasteiger partial charge in [-0.2, -0.15) is 4.98 Å². The van der Waals surface area contributed by atoms with E-state index in [0.29, 0.717) is 11.3 Å². The summed E-state index contributed by atoms with van der Waals surface area (Å²) in [6.07, 6.45) is 4.08. The molecule has 94 valence electrons. The number of aromatic nitrogens is 2. The second-order valence-electron chi connectivity index (χ2n) is 4.91. The first-order chi connectivity index (χ1) is 8.84. The highest BCUT2D eigenvalue weighted by Crippen LogP contribution is 2.17. The molecule has 1 fully saturated rings. The molecule has 1 aliphatic heterocycles. The van der Waals surface area contributed by atoms with Crippen molar-refractivity contribution in [1.82, 2.24) is 14.9 Å². The van der Waals surface area contributed by atoms with E-state index < -0.39 is 0 Å². The molecule has 0 atom stereocenters. The van der Waals surface area contributed by atoms with Gasteiger partial charge >= 0.3 is 0 Å². The van der Waals surface area contributed by atoms with E-state index in [1.54, 1.807) is 6.33 Å². The molecule has 2 aromatic rings. The molecule has 0 saturated carbocycles. The van der Waals surface area contributed by atoms with E-state index in [0.717, 1.165) is 25.2 Å². The van der Waals surface area contributed by atoms with Crippen molar-refractivity contribution in [2.24, 2.45) is 5.92 Å². The summed E-state index contributed by atoms with van der Waals surface area (Å²) in [7, 11) is 0. The normalized spacial score (nSPS) is 17.1. The van der Waals surface area contributed by atoms with Crippen LogP contribution in [0.15, 0.2) is 35.4 Å². The van der Waals surface area contributed by atoms with Crippen LogP contribution in [0.1, 0.15) is 12.8 Å². The quantitative estimate of drug-likeness (QED) is 0.867. The number of hydrogen-bond donors (Lipinski definition) is 1. The van der Waals surface area contributed by atoms with Gasteiger partial charge in [0.1, 0.15) is 0 Å². The lowest BCUT2D eigenvalue weighted by Gasteiger charge is -2.24. The first kappa shape index (κ1) is 11.4. The van der Waals surface area contributed by atoms with Crippen molar-refractivity contribution in [1.29, 1.82) is 0 Å².